The maximum atomic E-state index is 9.44. The number of nitrogens with zero attached hydrogens (tertiary/aromatic N) is 3. The monoisotopic (exact) mass is 266 g/mol. The van der Waals surface area contributed by atoms with Crippen molar-refractivity contribution in [1.29, 1.82) is 0 Å². The fourth-order valence-electron chi connectivity index (χ4n) is 1.98. The van der Waals surface area contributed by atoms with Crippen molar-refractivity contribution in [3.63, 3.8) is 0 Å². The van der Waals surface area contributed by atoms with E-state index >= 15 is 0 Å². The number of rotatable bonds is 3. The number of aromatic nitrogens is 3. The third-order valence-corrected chi connectivity index (χ3v) is 2.96. The number of aromatic hydroxyl groups is 1. The van der Waals surface area contributed by atoms with Gasteiger partial charge in [0.15, 0.2) is 5.82 Å². The largest absolute Gasteiger partial charge is 0.508 e. The summed E-state index contributed by atoms with van der Waals surface area (Å²) < 4.78 is 1.74. The first-order valence-electron chi connectivity index (χ1n) is 6.24. The predicted molar refractivity (Wildman–Crippen MR) is 77.1 cm³/mol. The lowest BCUT2D eigenvalue weighted by Gasteiger charge is -2.01. The molecule has 3 aromatic rings. The lowest BCUT2D eigenvalue weighted by atomic mass is 10.2. The Hall–Kier alpha value is -2.82. The molecule has 0 radical (unpaired) electrons. The molecule has 1 heterocycles. The summed E-state index contributed by atoms with van der Waals surface area (Å²) in [5, 5.41) is 13.9. The van der Waals surface area contributed by atoms with Crippen LogP contribution < -0.4 is 5.73 Å². The molecule has 0 spiro atoms. The summed E-state index contributed by atoms with van der Waals surface area (Å²) in [6, 6.07) is 14.5. The Balaban J connectivity index is 1.82. The molecule has 20 heavy (non-hydrogen) atoms. The van der Waals surface area contributed by atoms with Gasteiger partial charge in [-0.1, -0.05) is 12.1 Å². The van der Waals surface area contributed by atoms with Gasteiger partial charge in [0, 0.05) is 11.3 Å². The normalized spacial score (nSPS) is 10.6. The van der Waals surface area contributed by atoms with Crippen molar-refractivity contribution >= 4 is 5.69 Å². The van der Waals surface area contributed by atoms with Gasteiger partial charge in [0.2, 0.25) is 0 Å². The van der Waals surface area contributed by atoms with Crippen LogP contribution in [0.25, 0.3) is 11.4 Å². The van der Waals surface area contributed by atoms with E-state index in [2.05, 4.69) is 10.1 Å². The number of hydrogen-bond donors (Lipinski definition) is 2. The second kappa shape index (κ2) is 5.05. The Morgan fingerprint density at radius 3 is 2.65 bits per heavy atom. The SMILES string of the molecule is Nc1ccc(-c2ncn(Cc3cccc(O)c3)n2)cc1. The first-order valence-corrected chi connectivity index (χ1v) is 6.24. The number of phenols is 1. The maximum Gasteiger partial charge on any atom is 0.181 e. The van der Waals surface area contributed by atoms with Gasteiger partial charge in [0.1, 0.15) is 12.1 Å². The summed E-state index contributed by atoms with van der Waals surface area (Å²) >= 11 is 0. The third kappa shape index (κ3) is 2.61. The third-order valence-electron chi connectivity index (χ3n) is 2.96. The van der Waals surface area contributed by atoms with Crippen LogP contribution in [0.5, 0.6) is 5.75 Å². The van der Waals surface area contributed by atoms with Gasteiger partial charge in [-0.05, 0) is 42.0 Å². The molecule has 0 aliphatic rings. The highest BCUT2D eigenvalue weighted by Gasteiger charge is 2.04. The fraction of sp³-hybridized carbons (Fsp3) is 0.0667. The van der Waals surface area contributed by atoms with E-state index in [4.69, 9.17) is 5.73 Å². The second-order valence-electron chi connectivity index (χ2n) is 4.56. The maximum absolute atomic E-state index is 9.44. The topological polar surface area (TPSA) is 77.0 Å². The average Bonchev–Trinajstić information content (AvgIpc) is 2.88. The van der Waals surface area contributed by atoms with Crippen LogP contribution in [0.1, 0.15) is 5.56 Å². The Labute approximate surface area is 116 Å². The number of nitrogens with two attached hydrogens (primary N) is 1. The summed E-state index contributed by atoms with van der Waals surface area (Å²) in [6.45, 7) is 0.566. The summed E-state index contributed by atoms with van der Waals surface area (Å²) in [7, 11) is 0. The van der Waals surface area contributed by atoms with Crippen molar-refractivity contribution in [2.24, 2.45) is 0 Å². The molecule has 0 unspecified atom stereocenters. The van der Waals surface area contributed by atoms with Crippen LogP contribution in [0, 0.1) is 0 Å². The lowest BCUT2D eigenvalue weighted by Crippen LogP contribution is -2.00. The standard InChI is InChI=1S/C15H14N4O/c16-13-6-4-12(5-7-13)15-17-10-19(18-15)9-11-2-1-3-14(20)8-11/h1-8,10,20H,9,16H2. The Morgan fingerprint density at radius 1 is 1.10 bits per heavy atom. The highest BCUT2D eigenvalue weighted by atomic mass is 16.3. The fourth-order valence-corrected chi connectivity index (χ4v) is 1.98. The van der Waals surface area contributed by atoms with E-state index in [1.807, 2.05) is 36.4 Å². The van der Waals surface area contributed by atoms with Crippen LogP contribution in [0.4, 0.5) is 5.69 Å². The van der Waals surface area contributed by atoms with Crippen LogP contribution in [0.15, 0.2) is 54.9 Å². The number of anilines is 1. The number of benzene rings is 2. The van der Waals surface area contributed by atoms with Crippen molar-refractivity contribution in [2.75, 3.05) is 5.73 Å². The molecule has 0 fully saturated rings. The number of nitrogen functional groups attached to an aromatic ring is 1. The summed E-state index contributed by atoms with van der Waals surface area (Å²) in [4.78, 5) is 4.28. The molecule has 0 atom stereocenters. The van der Waals surface area contributed by atoms with Gasteiger partial charge in [-0.3, -0.25) is 0 Å². The van der Waals surface area contributed by atoms with Crippen LogP contribution >= 0.6 is 0 Å². The molecule has 5 heteroatoms. The average molecular weight is 266 g/mol. The summed E-state index contributed by atoms with van der Waals surface area (Å²) in [5.74, 6) is 0.909. The molecule has 1 aromatic heterocycles. The number of hydrogen-bond acceptors (Lipinski definition) is 4. The molecule has 0 saturated carbocycles. The molecular weight excluding hydrogens is 252 g/mol. The van der Waals surface area contributed by atoms with E-state index in [0.717, 1.165) is 11.1 Å². The zero-order valence-electron chi connectivity index (χ0n) is 10.8. The van der Waals surface area contributed by atoms with Gasteiger partial charge in [0.05, 0.1) is 6.54 Å². The number of phenolic OH excluding ortho intramolecular Hbond substituents is 1. The smallest absolute Gasteiger partial charge is 0.181 e. The molecule has 100 valence electrons. The van der Waals surface area contributed by atoms with Gasteiger partial charge in [-0.2, -0.15) is 5.10 Å². The predicted octanol–water partition coefficient (Wildman–Crippen LogP) is 2.28. The molecule has 0 amide bonds. The van der Waals surface area contributed by atoms with Crippen molar-refractivity contribution < 1.29 is 5.11 Å². The minimum absolute atomic E-state index is 0.251. The van der Waals surface area contributed by atoms with Gasteiger partial charge in [0.25, 0.3) is 0 Å². The minimum Gasteiger partial charge on any atom is -0.508 e. The van der Waals surface area contributed by atoms with Gasteiger partial charge in [-0.15, -0.1) is 0 Å². The Kier molecular flexibility index (Phi) is 3.09. The first kappa shape index (κ1) is 12.2. The van der Waals surface area contributed by atoms with Gasteiger partial charge < -0.3 is 10.8 Å². The van der Waals surface area contributed by atoms with E-state index in [1.54, 1.807) is 23.1 Å². The molecule has 0 bridgehead atoms. The van der Waals surface area contributed by atoms with E-state index < -0.39 is 0 Å². The molecule has 3 rings (SSSR count). The van der Waals surface area contributed by atoms with Crippen molar-refractivity contribution in [3.8, 4) is 17.1 Å². The summed E-state index contributed by atoms with van der Waals surface area (Å²) in [6.07, 6.45) is 1.68. The van der Waals surface area contributed by atoms with E-state index in [9.17, 15) is 5.11 Å². The van der Waals surface area contributed by atoms with Crippen LogP contribution in [0.3, 0.4) is 0 Å². The Morgan fingerprint density at radius 2 is 1.90 bits per heavy atom. The van der Waals surface area contributed by atoms with Crippen molar-refractivity contribution in [1.82, 2.24) is 14.8 Å². The van der Waals surface area contributed by atoms with Crippen molar-refractivity contribution in [2.45, 2.75) is 6.54 Å². The molecule has 0 aliphatic carbocycles. The molecule has 5 nitrogen and oxygen atoms in total. The lowest BCUT2D eigenvalue weighted by molar-refractivity contribution is 0.474. The minimum atomic E-state index is 0.251. The molecule has 3 N–H and O–H groups in total. The van der Waals surface area contributed by atoms with Crippen LogP contribution in [-0.2, 0) is 6.54 Å². The highest BCUT2D eigenvalue weighted by Crippen LogP contribution is 2.17. The van der Waals surface area contributed by atoms with Gasteiger partial charge >= 0.3 is 0 Å². The van der Waals surface area contributed by atoms with Gasteiger partial charge in [-0.25, -0.2) is 9.67 Å². The summed E-state index contributed by atoms with van der Waals surface area (Å²) in [5.41, 5.74) is 8.27. The quantitative estimate of drug-likeness (QED) is 0.713. The molecular formula is C15H14N4O. The molecule has 0 saturated heterocycles. The Bertz CT molecular complexity index is 719. The first-order chi connectivity index (χ1) is 9.70. The second-order valence-corrected chi connectivity index (χ2v) is 4.56. The van der Waals surface area contributed by atoms with E-state index in [1.165, 1.54) is 0 Å². The van der Waals surface area contributed by atoms with E-state index in [-0.39, 0.29) is 5.75 Å². The highest BCUT2D eigenvalue weighted by molar-refractivity contribution is 5.57. The van der Waals surface area contributed by atoms with Crippen LogP contribution in [-0.4, -0.2) is 19.9 Å². The molecule has 2 aromatic carbocycles. The van der Waals surface area contributed by atoms with E-state index in [0.29, 0.717) is 18.1 Å². The zero-order valence-corrected chi connectivity index (χ0v) is 10.8. The van der Waals surface area contributed by atoms with Crippen molar-refractivity contribution in [3.05, 3.63) is 60.4 Å². The van der Waals surface area contributed by atoms with Crippen LogP contribution in [0.2, 0.25) is 0 Å². The molecule has 0 aliphatic heterocycles. The zero-order chi connectivity index (χ0) is 13.9.